The molecule has 0 bridgehead atoms. The SMILES string of the molecule is CCOc1ccc(CN(C)CC(=O)c2c(N)n(Cc3ccccc3)c(=O)n(C)c2=O)cc1. The zero-order valence-corrected chi connectivity index (χ0v) is 18.6. The fourth-order valence-electron chi connectivity index (χ4n) is 3.51. The second-order valence-electron chi connectivity index (χ2n) is 7.65. The Morgan fingerprint density at radius 1 is 1.03 bits per heavy atom. The van der Waals surface area contributed by atoms with Crippen molar-refractivity contribution in [2.45, 2.75) is 20.0 Å². The van der Waals surface area contributed by atoms with Crippen molar-refractivity contribution in [2.24, 2.45) is 7.05 Å². The Hall–Kier alpha value is -3.65. The number of Topliss-reactive ketones (excluding diaryl/α,β-unsaturated/α-hetero) is 1. The molecule has 1 aromatic heterocycles. The average Bonchev–Trinajstić information content (AvgIpc) is 2.77. The number of likely N-dealkylation sites (N-methyl/N-ethyl adjacent to an activating group) is 1. The standard InChI is InChI=1S/C24H28N4O4/c1-4-32-19-12-10-18(11-13-19)14-26(2)16-20(29)21-22(25)28(24(31)27(3)23(21)30)15-17-8-6-5-7-9-17/h5-13H,4,14-16,25H2,1-3H3. The van der Waals surface area contributed by atoms with Gasteiger partial charge in [-0.3, -0.25) is 23.6 Å². The Balaban J connectivity index is 1.82. The maximum atomic E-state index is 13.0. The highest BCUT2D eigenvalue weighted by molar-refractivity contribution is 6.01. The summed E-state index contributed by atoms with van der Waals surface area (Å²) in [4.78, 5) is 40.2. The van der Waals surface area contributed by atoms with Crippen LogP contribution in [0.25, 0.3) is 0 Å². The Bertz CT molecular complexity index is 1200. The minimum absolute atomic E-state index is 0.0177. The van der Waals surface area contributed by atoms with Crippen molar-refractivity contribution in [1.82, 2.24) is 14.0 Å². The van der Waals surface area contributed by atoms with Crippen LogP contribution in [0.15, 0.2) is 64.2 Å². The third kappa shape index (κ3) is 5.15. The fourth-order valence-corrected chi connectivity index (χ4v) is 3.51. The van der Waals surface area contributed by atoms with Crippen molar-refractivity contribution in [1.29, 1.82) is 0 Å². The third-order valence-corrected chi connectivity index (χ3v) is 5.15. The molecule has 0 radical (unpaired) electrons. The van der Waals surface area contributed by atoms with Gasteiger partial charge in [0.1, 0.15) is 17.1 Å². The predicted molar refractivity (Wildman–Crippen MR) is 124 cm³/mol. The number of hydrogen-bond donors (Lipinski definition) is 1. The number of nitrogens with two attached hydrogens (primary N) is 1. The number of hydrogen-bond acceptors (Lipinski definition) is 6. The first-order chi connectivity index (χ1) is 15.3. The molecule has 0 saturated carbocycles. The molecule has 0 atom stereocenters. The van der Waals surface area contributed by atoms with Gasteiger partial charge in [0.2, 0.25) is 0 Å². The van der Waals surface area contributed by atoms with Crippen LogP contribution in [0.4, 0.5) is 5.82 Å². The van der Waals surface area contributed by atoms with Crippen molar-refractivity contribution in [3.05, 3.63) is 92.1 Å². The molecular weight excluding hydrogens is 408 g/mol. The molecule has 0 aliphatic heterocycles. The van der Waals surface area contributed by atoms with E-state index in [1.54, 1.807) is 11.9 Å². The summed E-state index contributed by atoms with van der Waals surface area (Å²) < 4.78 is 7.63. The fraction of sp³-hybridized carbons (Fsp3) is 0.292. The van der Waals surface area contributed by atoms with Crippen LogP contribution in [0.3, 0.4) is 0 Å². The third-order valence-electron chi connectivity index (χ3n) is 5.15. The highest BCUT2D eigenvalue weighted by Crippen LogP contribution is 2.14. The molecule has 2 aromatic carbocycles. The lowest BCUT2D eigenvalue weighted by molar-refractivity contribution is 0.0941. The molecule has 3 aromatic rings. The number of benzene rings is 2. The molecule has 2 N–H and O–H groups in total. The molecule has 0 saturated heterocycles. The van der Waals surface area contributed by atoms with E-state index >= 15 is 0 Å². The van der Waals surface area contributed by atoms with Gasteiger partial charge in [-0.05, 0) is 37.2 Å². The quantitative estimate of drug-likeness (QED) is 0.514. The summed E-state index contributed by atoms with van der Waals surface area (Å²) >= 11 is 0. The van der Waals surface area contributed by atoms with Gasteiger partial charge in [0.15, 0.2) is 5.78 Å². The lowest BCUT2D eigenvalue weighted by atomic mass is 10.1. The Kier molecular flexibility index (Phi) is 7.27. The molecule has 32 heavy (non-hydrogen) atoms. The number of carbonyl (C=O) groups excluding carboxylic acids is 1. The average molecular weight is 437 g/mol. The van der Waals surface area contributed by atoms with Crippen LogP contribution >= 0.6 is 0 Å². The first kappa shape index (κ1) is 23.0. The van der Waals surface area contributed by atoms with Crippen molar-refractivity contribution < 1.29 is 9.53 Å². The van der Waals surface area contributed by atoms with E-state index in [0.717, 1.165) is 21.4 Å². The van der Waals surface area contributed by atoms with Crippen molar-refractivity contribution in [3.63, 3.8) is 0 Å². The Morgan fingerprint density at radius 2 is 1.69 bits per heavy atom. The highest BCUT2D eigenvalue weighted by atomic mass is 16.5. The summed E-state index contributed by atoms with van der Waals surface area (Å²) in [5.74, 6) is 0.242. The Labute approximate surface area is 186 Å². The molecule has 0 amide bonds. The monoisotopic (exact) mass is 436 g/mol. The van der Waals surface area contributed by atoms with E-state index in [2.05, 4.69) is 0 Å². The molecule has 0 aliphatic rings. The van der Waals surface area contributed by atoms with E-state index in [0.29, 0.717) is 13.2 Å². The van der Waals surface area contributed by atoms with Crippen molar-refractivity contribution in [2.75, 3.05) is 25.9 Å². The molecule has 1 heterocycles. The second kappa shape index (κ2) is 10.1. The van der Waals surface area contributed by atoms with Gasteiger partial charge >= 0.3 is 5.69 Å². The zero-order valence-electron chi connectivity index (χ0n) is 18.6. The van der Waals surface area contributed by atoms with E-state index < -0.39 is 17.0 Å². The van der Waals surface area contributed by atoms with Gasteiger partial charge in [0.05, 0.1) is 19.7 Å². The molecule has 0 aliphatic carbocycles. The first-order valence-corrected chi connectivity index (χ1v) is 10.4. The molecule has 8 heteroatoms. The van der Waals surface area contributed by atoms with Crippen molar-refractivity contribution >= 4 is 11.6 Å². The number of anilines is 1. The predicted octanol–water partition coefficient (Wildman–Crippen LogP) is 1.89. The summed E-state index contributed by atoms with van der Waals surface area (Å²) in [6.45, 7) is 3.17. The summed E-state index contributed by atoms with van der Waals surface area (Å²) in [5, 5.41) is 0. The lowest BCUT2D eigenvalue weighted by Crippen LogP contribution is -2.44. The van der Waals surface area contributed by atoms with E-state index in [9.17, 15) is 14.4 Å². The van der Waals surface area contributed by atoms with Crippen LogP contribution < -0.4 is 21.7 Å². The van der Waals surface area contributed by atoms with Gasteiger partial charge in [-0.25, -0.2) is 4.79 Å². The number of ketones is 1. The maximum absolute atomic E-state index is 13.0. The van der Waals surface area contributed by atoms with Crippen LogP contribution in [0.2, 0.25) is 0 Å². The van der Waals surface area contributed by atoms with Gasteiger partial charge in [-0.1, -0.05) is 42.5 Å². The second-order valence-corrected chi connectivity index (χ2v) is 7.65. The lowest BCUT2D eigenvalue weighted by Gasteiger charge is -2.18. The zero-order chi connectivity index (χ0) is 23.3. The summed E-state index contributed by atoms with van der Waals surface area (Å²) in [5.41, 5.74) is 6.60. The van der Waals surface area contributed by atoms with Crippen LogP contribution in [0.1, 0.15) is 28.4 Å². The molecule has 0 spiro atoms. The van der Waals surface area contributed by atoms with Crippen LogP contribution in [0.5, 0.6) is 5.75 Å². The summed E-state index contributed by atoms with van der Waals surface area (Å²) in [6.07, 6.45) is 0. The number of ether oxygens (including phenoxy) is 1. The number of carbonyl (C=O) groups is 1. The van der Waals surface area contributed by atoms with Crippen molar-refractivity contribution in [3.8, 4) is 5.75 Å². The molecule has 168 valence electrons. The van der Waals surface area contributed by atoms with Gasteiger partial charge in [-0.15, -0.1) is 0 Å². The molecule has 3 rings (SSSR count). The van der Waals surface area contributed by atoms with E-state index in [-0.39, 0.29) is 24.5 Å². The largest absolute Gasteiger partial charge is 0.494 e. The van der Waals surface area contributed by atoms with Crippen LogP contribution in [-0.2, 0) is 20.1 Å². The Morgan fingerprint density at radius 3 is 2.31 bits per heavy atom. The minimum Gasteiger partial charge on any atom is -0.494 e. The van der Waals surface area contributed by atoms with Gasteiger partial charge < -0.3 is 10.5 Å². The summed E-state index contributed by atoms with van der Waals surface area (Å²) in [7, 11) is 3.14. The van der Waals surface area contributed by atoms with Gasteiger partial charge in [0.25, 0.3) is 5.56 Å². The summed E-state index contributed by atoms with van der Waals surface area (Å²) in [6, 6.07) is 16.9. The number of nitrogen functional groups attached to an aromatic ring is 1. The van der Waals surface area contributed by atoms with E-state index in [1.165, 1.54) is 11.6 Å². The van der Waals surface area contributed by atoms with Gasteiger partial charge in [-0.2, -0.15) is 0 Å². The number of aromatic nitrogens is 2. The smallest absolute Gasteiger partial charge is 0.332 e. The minimum atomic E-state index is -0.684. The van der Waals surface area contributed by atoms with E-state index in [1.807, 2.05) is 61.5 Å². The highest BCUT2D eigenvalue weighted by Gasteiger charge is 2.22. The molecule has 8 nitrogen and oxygen atoms in total. The van der Waals surface area contributed by atoms with E-state index in [4.69, 9.17) is 10.5 Å². The first-order valence-electron chi connectivity index (χ1n) is 10.4. The van der Waals surface area contributed by atoms with Crippen LogP contribution in [0, 0.1) is 0 Å². The topological polar surface area (TPSA) is 99.6 Å². The van der Waals surface area contributed by atoms with Gasteiger partial charge in [0, 0.05) is 13.6 Å². The number of rotatable bonds is 9. The number of nitrogens with zero attached hydrogens (tertiary/aromatic N) is 3. The maximum Gasteiger partial charge on any atom is 0.332 e. The molecular formula is C24H28N4O4. The normalized spacial score (nSPS) is 11.0. The van der Waals surface area contributed by atoms with Crippen LogP contribution in [-0.4, -0.2) is 40.0 Å². The molecule has 0 unspecified atom stereocenters. The molecule has 0 fully saturated rings.